The first-order valence-corrected chi connectivity index (χ1v) is 17.2. The molecule has 1 fully saturated rings. The van der Waals surface area contributed by atoms with Gasteiger partial charge < -0.3 is 29.3 Å². The van der Waals surface area contributed by atoms with Gasteiger partial charge in [-0.25, -0.2) is 28.3 Å². The van der Waals surface area contributed by atoms with Crippen LogP contribution in [0.15, 0.2) is 36.5 Å². The number of halogens is 2. The standard InChI is InChI=1S/C37H45F2N7O5/c1-21(2)45-15-16-49-32-26(38)17-23(18-29(32)45)31-27(39)20-40-33(42-31)41-24-9-10-28-25(19-24)30(43-46(28)35(48)51-37(6,7)8)22-11-13-44(14-12-22)34(47)50-36(3,4)5/h9-10,17-22H,11-16H2,1-8H3,(H,40,41,42). The topological polar surface area (TPSA) is 124 Å². The summed E-state index contributed by atoms with van der Waals surface area (Å²) in [6, 6.07) is 8.30. The molecule has 272 valence electrons. The van der Waals surface area contributed by atoms with Gasteiger partial charge in [-0.05, 0) is 98.6 Å². The van der Waals surface area contributed by atoms with Crippen LogP contribution in [0, 0.1) is 11.6 Å². The second kappa shape index (κ2) is 13.6. The summed E-state index contributed by atoms with van der Waals surface area (Å²) in [4.78, 5) is 38.3. The van der Waals surface area contributed by atoms with Gasteiger partial charge in [-0.15, -0.1) is 0 Å². The number of aromatic nitrogens is 4. The Morgan fingerprint density at radius 2 is 1.63 bits per heavy atom. The van der Waals surface area contributed by atoms with Crippen LogP contribution in [0.5, 0.6) is 5.75 Å². The van der Waals surface area contributed by atoms with E-state index in [4.69, 9.17) is 19.3 Å². The maximum atomic E-state index is 15.2. The first kappa shape index (κ1) is 35.8. The summed E-state index contributed by atoms with van der Waals surface area (Å²) in [5.41, 5.74) is 1.17. The van der Waals surface area contributed by atoms with Crippen molar-refractivity contribution in [1.82, 2.24) is 24.6 Å². The molecular weight excluding hydrogens is 660 g/mol. The summed E-state index contributed by atoms with van der Waals surface area (Å²) >= 11 is 0. The predicted octanol–water partition coefficient (Wildman–Crippen LogP) is 8.02. The van der Waals surface area contributed by atoms with Crippen molar-refractivity contribution in [1.29, 1.82) is 0 Å². The number of nitrogens with zero attached hydrogens (tertiary/aromatic N) is 6. The summed E-state index contributed by atoms with van der Waals surface area (Å²) in [6.45, 7) is 16.7. The van der Waals surface area contributed by atoms with Crippen molar-refractivity contribution in [3.63, 3.8) is 0 Å². The molecule has 4 aromatic rings. The third-order valence-electron chi connectivity index (χ3n) is 8.62. The lowest BCUT2D eigenvalue weighted by Gasteiger charge is -2.34. The largest absolute Gasteiger partial charge is 0.486 e. The Kier molecular flexibility index (Phi) is 9.55. The number of carbonyl (C=O) groups is 2. The Bertz CT molecular complexity index is 1960. The summed E-state index contributed by atoms with van der Waals surface area (Å²) in [7, 11) is 0. The normalized spacial score (nSPS) is 15.5. The lowest BCUT2D eigenvalue weighted by Crippen LogP contribution is -2.41. The predicted molar refractivity (Wildman–Crippen MR) is 190 cm³/mol. The first-order valence-electron chi connectivity index (χ1n) is 17.2. The van der Waals surface area contributed by atoms with E-state index >= 15 is 8.78 Å². The van der Waals surface area contributed by atoms with Gasteiger partial charge in [0.05, 0.1) is 29.6 Å². The first-order chi connectivity index (χ1) is 24.0. The van der Waals surface area contributed by atoms with Crippen LogP contribution in [0.3, 0.4) is 0 Å². The van der Waals surface area contributed by atoms with Gasteiger partial charge in [-0.3, -0.25) is 0 Å². The highest BCUT2D eigenvalue weighted by atomic mass is 19.1. The lowest BCUT2D eigenvalue weighted by molar-refractivity contribution is 0.0204. The Hall–Kier alpha value is -5.01. The van der Waals surface area contributed by atoms with Gasteiger partial charge >= 0.3 is 12.2 Å². The second-order valence-corrected chi connectivity index (χ2v) is 15.2. The zero-order valence-electron chi connectivity index (χ0n) is 30.3. The zero-order chi connectivity index (χ0) is 36.8. The molecule has 2 aromatic heterocycles. The number of anilines is 3. The fourth-order valence-electron chi connectivity index (χ4n) is 6.36. The zero-order valence-corrected chi connectivity index (χ0v) is 30.3. The number of rotatable bonds is 5. The van der Waals surface area contributed by atoms with Crippen molar-refractivity contribution >= 4 is 40.4 Å². The number of piperidine rings is 1. The van der Waals surface area contributed by atoms with E-state index in [1.807, 2.05) is 45.6 Å². The molecule has 6 rings (SSSR count). The summed E-state index contributed by atoms with van der Waals surface area (Å²) < 4.78 is 48.6. The van der Waals surface area contributed by atoms with E-state index in [2.05, 4.69) is 15.3 Å². The number of benzene rings is 2. The molecule has 12 nitrogen and oxygen atoms in total. The van der Waals surface area contributed by atoms with E-state index in [-0.39, 0.29) is 41.0 Å². The van der Waals surface area contributed by atoms with Crippen LogP contribution in [-0.2, 0) is 9.47 Å². The van der Waals surface area contributed by atoms with Gasteiger partial charge in [0.1, 0.15) is 23.5 Å². The van der Waals surface area contributed by atoms with Crippen molar-refractivity contribution in [2.45, 2.75) is 91.4 Å². The smallest absolute Gasteiger partial charge is 0.435 e. The van der Waals surface area contributed by atoms with Crippen LogP contribution in [0.2, 0.25) is 0 Å². The summed E-state index contributed by atoms with van der Waals surface area (Å²) in [5, 5.41) is 8.60. The van der Waals surface area contributed by atoms with Gasteiger partial charge in [0.25, 0.3) is 0 Å². The van der Waals surface area contributed by atoms with Crippen LogP contribution < -0.4 is 15.0 Å². The van der Waals surface area contributed by atoms with E-state index in [1.54, 1.807) is 43.9 Å². The van der Waals surface area contributed by atoms with E-state index < -0.39 is 28.9 Å². The maximum Gasteiger partial charge on any atom is 0.435 e. The van der Waals surface area contributed by atoms with Crippen molar-refractivity contribution in [3.05, 3.63) is 53.9 Å². The van der Waals surface area contributed by atoms with Crippen molar-refractivity contribution in [2.24, 2.45) is 0 Å². The van der Waals surface area contributed by atoms with E-state index in [0.717, 1.165) is 6.20 Å². The van der Waals surface area contributed by atoms with E-state index in [1.165, 1.54) is 10.7 Å². The lowest BCUT2D eigenvalue weighted by atomic mass is 9.91. The number of ether oxygens (including phenoxy) is 3. The van der Waals surface area contributed by atoms with Crippen molar-refractivity contribution < 1.29 is 32.6 Å². The summed E-state index contributed by atoms with van der Waals surface area (Å²) in [5.74, 6) is -1.14. The number of hydrogen-bond acceptors (Lipinski definition) is 10. The van der Waals surface area contributed by atoms with Gasteiger partial charge in [0, 0.05) is 41.7 Å². The fourth-order valence-corrected chi connectivity index (χ4v) is 6.36. The molecule has 2 aliphatic rings. The Morgan fingerprint density at radius 3 is 2.29 bits per heavy atom. The molecule has 0 aliphatic carbocycles. The van der Waals surface area contributed by atoms with Crippen LogP contribution in [0.25, 0.3) is 22.2 Å². The number of hydrogen-bond donors (Lipinski definition) is 1. The molecule has 14 heteroatoms. The van der Waals surface area contributed by atoms with Gasteiger partial charge in [0.15, 0.2) is 17.4 Å². The minimum absolute atomic E-state index is 0.0629. The monoisotopic (exact) mass is 705 g/mol. The SMILES string of the molecule is CC(C)N1CCOc2c(F)cc(-c3nc(Nc4ccc5c(c4)c(C4CCN(C(=O)OC(C)(C)C)CC4)nn5C(=O)OC(C)(C)C)ncc3F)cc21. The fraction of sp³-hybridized carbons (Fsp3) is 0.486. The highest BCUT2D eigenvalue weighted by Gasteiger charge is 2.32. The molecule has 1 saturated heterocycles. The number of likely N-dealkylation sites (tertiary alicyclic amines) is 1. The molecule has 1 N–H and O–H groups in total. The van der Waals surface area contributed by atoms with Crippen molar-refractivity contribution in [3.8, 4) is 17.0 Å². The molecule has 4 heterocycles. The molecule has 0 unspecified atom stereocenters. The number of amides is 1. The maximum absolute atomic E-state index is 15.2. The average molecular weight is 706 g/mol. The molecule has 0 saturated carbocycles. The van der Waals surface area contributed by atoms with Crippen LogP contribution in [0.4, 0.5) is 35.7 Å². The number of carbonyl (C=O) groups excluding carboxylic acids is 2. The number of fused-ring (bicyclic) bond motifs is 2. The highest BCUT2D eigenvalue weighted by molar-refractivity contribution is 5.92. The number of nitrogens with one attached hydrogen (secondary N) is 1. The Balaban J connectivity index is 1.32. The van der Waals surface area contributed by atoms with Gasteiger partial charge in [-0.1, -0.05) is 0 Å². The third kappa shape index (κ3) is 7.84. The molecular formula is C37H45F2N7O5. The molecule has 2 aliphatic heterocycles. The Morgan fingerprint density at radius 1 is 0.941 bits per heavy atom. The minimum atomic E-state index is -0.742. The molecule has 0 spiro atoms. The highest BCUT2D eigenvalue weighted by Crippen LogP contribution is 2.40. The van der Waals surface area contributed by atoms with Crippen LogP contribution >= 0.6 is 0 Å². The molecule has 1 amide bonds. The quantitative estimate of drug-likeness (QED) is 0.218. The van der Waals surface area contributed by atoms with Crippen molar-refractivity contribution in [2.75, 3.05) is 36.5 Å². The minimum Gasteiger partial charge on any atom is -0.486 e. The molecule has 51 heavy (non-hydrogen) atoms. The average Bonchev–Trinajstić information content (AvgIpc) is 3.43. The molecule has 2 aromatic carbocycles. The van der Waals surface area contributed by atoms with E-state index in [0.29, 0.717) is 67.1 Å². The van der Waals surface area contributed by atoms with Gasteiger partial charge in [0.2, 0.25) is 5.95 Å². The summed E-state index contributed by atoms with van der Waals surface area (Å²) in [6.07, 6.45) is 1.29. The molecule has 0 radical (unpaired) electrons. The van der Waals surface area contributed by atoms with Crippen LogP contribution in [0.1, 0.15) is 79.8 Å². The molecule has 0 atom stereocenters. The molecule has 0 bridgehead atoms. The van der Waals surface area contributed by atoms with Crippen LogP contribution in [-0.4, -0.2) is 80.3 Å². The third-order valence-corrected chi connectivity index (χ3v) is 8.62. The van der Waals surface area contributed by atoms with E-state index in [9.17, 15) is 9.59 Å². The Labute approximate surface area is 296 Å². The second-order valence-electron chi connectivity index (χ2n) is 15.2. The van der Waals surface area contributed by atoms with Gasteiger partial charge in [-0.2, -0.15) is 9.78 Å².